The molecule has 6 nitrogen and oxygen atoms in total. The van der Waals surface area contributed by atoms with Gasteiger partial charge in [-0.25, -0.2) is 8.42 Å². The Morgan fingerprint density at radius 1 is 1.07 bits per heavy atom. The first-order valence-corrected chi connectivity index (χ1v) is 10.4. The third-order valence-corrected chi connectivity index (χ3v) is 4.69. The molecule has 3 rings (SSSR count). The van der Waals surface area contributed by atoms with Gasteiger partial charge in [-0.15, -0.1) is 0 Å². The Morgan fingerprint density at radius 3 is 1.83 bits per heavy atom. The monoisotopic (exact) mass is 460 g/mol. The van der Waals surface area contributed by atoms with Crippen LogP contribution in [0.5, 0.6) is 0 Å². The average molecular weight is 460 g/mol. The molecule has 3 aromatic rings. The molecule has 30 heavy (non-hydrogen) atoms. The molecule has 2 aromatic carbocycles. The molecule has 11 heteroatoms. The fraction of sp³-hybridized carbons (Fsp3) is 0.263. The number of para-hydroxylation sites is 2. The van der Waals surface area contributed by atoms with Gasteiger partial charge in [0.25, 0.3) is 5.17 Å². The highest BCUT2D eigenvalue weighted by Crippen LogP contribution is 2.29. The van der Waals surface area contributed by atoms with Crippen LogP contribution in [0, 0.1) is 0 Å². The predicted octanol–water partition coefficient (Wildman–Crippen LogP) is 3.99. The van der Waals surface area contributed by atoms with Crippen LogP contribution in [0.2, 0.25) is 0 Å². The normalized spacial score (nSPS) is 11.9. The number of aromatic nitrogens is 1. The Bertz CT molecular complexity index is 1120. The van der Waals surface area contributed by atoms with Crippen molar-refractivity contribution in [2.75, 3.05) is 5.32 Å². The van der Waals surface area contributed by atoms with Crippen molar-refractivity contribution in [3.05, 3.63) is 48.5 Å². The molecule has 0 bridgehead atoms. The highest BCUT2D eigenvalue weighted by atomic mass is 32.2. The molecule has 0 aliphatic rings. The second-order valence-corrected chi connectivity index (χ2v) is 8.19. The summed E-state index contributed by atoms with van der Waals surface area (Å²) < 4.78 is 66.7. The number of nitrogens with one attached hydrogen (secondary N) is 1. The van der Waals surface area contributed by atoms with Crippen LogP contribution in [0.15, 0.2) is 48.5 Å². The molecule has 1 N–H and O–H groups in total. The number of thiocarbonyl (C=S) groups is 1. The maximum absolute atomic E-state index is 10.7. The predicted molar refractivity (Wildman–Crippen MR) is 111 cm³/mol. The maximum atomic E-state index is 10.7. The van der Waals surface area contributed by atoms with E-state index in [9.17, 15) is 13.2 Å². The van der Waals surface area contributed by atoms with Gasteiger partial charge in [-0.05, 0) is 38.2 Å². The third-order valence-electron chi connectivity index (χ3n) is 3.92. The van der Waals surface area contributed by atoms with E-state index in [2.05, 4.69) is 41.2 Å². The van der Waals surface area contributed by atoms with E-state index in [4.69, 9.17) is 29.9 Å². The van der Waals surface area contributed by atoms with Crippen molar-refractivity contribution in [1.82, 2.24) is 0 Å². The minimum atomic E-state index is -6.09. The van der Waals surface area contributed by atoms with E-state index in [0.717, 1.165) is 27.5 Å². The summed E-state index contributed by atoms with van der Waals surface area (Å²) in [7, 11) is -4.01. The minimum Gasteiger partial charge on any atom is -0.741 e. The first-order chi connectivity index (χ1) is 13.8. The Hall–Kier alpha value is -2.50. The van der Waals surface area contributed by atoms with Crippen molar-refractivity contribution in [2.45, 2.75) is 25.5 Å². The molecular weight excluding hydrogens is 441 g/mol. The largest absolute Gasteiger partial charge is 0.741 e. The van der Waals surface area contributed by atoms with Crippen LogP contribution >= 0.6 is 12.2 Å². The summed E-state index contributed by atoms with van der Waals surface area (Å²) in [5, 5.41) is 5.93. The van der Waals surface area contributed by atoms with Crippen molar-refractivity contribution >= 4 is 55.0 Å². The zero-order chi connectivity index (χ0) is 22.7. The van der Waals surface area contributed by atoms with E-state index in [-0.39, 0.29) is 6.10 Å². The molecule has 0 saturated heterocycles. The van der Waals surface area contributed by atoms with Crippen LogP contribution < -0.4 is 9.88 Å². The molecule has 0 saturated carbocycles. The second-order valence-electron chi connectivity index (χ2n) is 6.45. The molecular formula is C19H19F3N2O4S2. The zero-order valence-corrected chi connectivity index (χ0v) is 17.9. The SMILES string of the molecule is CC(C)OC(=S)Nc1c2ccccc2[n+](C)c2ccccc12.O=S(=O)([O-])C(F)(F)F. The zero-order valence-electron chi connectivity index (χ0n) is 16.2. The fourth-order valence-electron chi connectivity index (χ4n) is 2.71. The van der Waals surface area contributed by atoms with Crippen LogP contribution in [0.4, 0.5) is 18.9 Å². The number of ether oxygens (including phenoxy) is 1. The first-order valence-electron chi connectivity index (χ1n) is 8.62. The number of benzene rings is 2. The summed E-state index contributed by atoms with van der Waals surface area (Å²) in [6.45, 7) is 3.93. The quantitative estimate of drug-likeness (QED) is 0.205. The average Bonchev–Trinajstić information content (AvgIpc) is 2.63. The molecule has 0 aliphatic carbocycles. The van der Waals surface area contributed by atoms with Crippen molar-refractivity contribution in [3.8, 4) is 0 Å². The van der Waals surface area contributed by atoms with Crippen LogP contribution in [0.3, 0.4) is 0 Å². The van der Waals surface area contributed by atoms with Gasteiger partial charge in [-0.2, -0.15) is 17.7 Å². The molecule has 1 heterocycles. The lowest BCUT2D eigenvalue weighted by molar-refractivity contribution is -0.617. The number of halogens is 3. The topological polar surface area (TPSA) is 82.3 Å². The van der Waals surface area contributed by atoms with E-state index < -0.39 is 15.6 Å². The molecule has 0 fully saturated rings. The number of nitrogens with zero attached hydrogens (tertiary/aromatic N) is 1. The number of hydrogen-bond donors (Lipinski definition) is 1. The number of anilines is 1. The first kappa shape index (κ1) is 23.8. The number of hydrogen-bond acceptors (Lipinski definition) is 5. The maximum Gasteiger partial charge on any atom is 0.485 e. The van der Waals surface area contributed by atoms with E-state index in [1.807, 2.05) is 38.1 Å². The molecule has 0 radical (unpaired) electrons. The molecule has 0 spiro atoms. The Kier molecular flexibility index (Phi) is 7.22. The van der Waals surface area contributed by atoms with Crippen molar-refractivity contribution in [1.29, 1.82) is 0 Å². The molecule has 0 aliphatic heterocycles. The van der Waals surface area contributed by atoms with E-state index >= 15 is 0 Å². The molecule has 0 amide bonds. The summed E-state index contributed by atoms with van der Waals surface area (Å²) in [5.41, 5.74) is -2.35. The minimum absolute atomic E-state index is 0.0531. The Balaban J connectivity index is 0.000000343. The summed E-state index contributed by atoms with van der Waals surface area (Å²) in [6, 6.07) is 16.6. The lowest BCUT2D eigenvalue weighted by Gasteiger charge is -2.15. The second kappa shape index (κ2) is 9.11. The van der Waals surface area contributed by atoms with E-state index in [1.165, 1.54) is 0 Å². The lowest BCUT2D eigenvalue weighted by Crippen LogP contribution is -2.31. The van der Waals surface area contributed by atoms with Gasteiger partial charge < -0.3 is 14.6 Å². The van der Waals surface area contributed by atoms with Crippen LogP contribution in [0.1, 0.15) is 13.8 Å². The van der Waals surface area contributed by atoms with Gasteiger partial charge in [0.1, 0.15) is 7.05 Å². The third kappa shape index (κ3) is 5.55. The number of rotatable bonds is 2. The van der Waals surface area contributed by atoms with Gasteiger partial charge in [-0.3, -0.25) is 0 Å². The molecule has 0 unspecified atom stereocenters. The van der Waals surface area contributed by atoms with Crippen LogP contribution in [-0.2, 0) is 21.9 Å². The number of fused-ring (bicyclic) bond motifs is 2. The summed E-state index contributed by atoms with van der Waals surface area (Å²) >= 11 is 5.33. The highest BCUT2D eigenvalue weighted by molar-refractivity contribution is 7.86. The number of alkyl halides is 3. The van der Waals surface area contributed by atoms with Gasteiger partial charge in [0, 0.05) is 12.1 Å². The smallest absolute Gasteiger partial charge is 0.485 e. The number of pyridine rings is 1. The number of aryl methyl sites for hydroxylation is 1. The van der Waals surface area contributed by atoms with Crippen molar-refractivity contribution < 1.29 is 35.4 Å². The van der Waals surface area contributed by atoms with Gasteiger partial charge in [0.15, 0.2) is 10.1 Å². The van der Waals surface area contributed by atoms with Gasteiger partial charge in [0.2, 0.25) is 11.0 Å². The summed E-state index contributed by atoms with van der Waals surface area (Å²) in [4.78, 5) is 0. The van der Waals surface area contributed by atoms with Crippen molar-refractivity contribution in [2.24, 2.45) is 7.05 Å². The van der Waals surface area contributed by atoms with Gasteiger partial charge in [-0.1, -0.05) is 24.3 Å². The van der Waals surface area contributed by atoms with Crippen LogP contribution in [-0.4, -0.2) is 29.8 Å². The highest BCUT2D eigenvalue weighted by Gasteiger charge is 2.36. The Morgan fingerprint density at radius 2 is 1.47 bits per heavy atom. The Labute approximate surface area is 177 Å². The van der Waals surface area contributed by atoms with Gasteiger partial charge >= 0.3 is 5.51 Å². The van der Waals surface area contributed by atoms with E-state index in [1.54, 1.807) is 0 Å². The lowest BCUT2D eigenvalue weighted by atomic mass is 10.1. The molecule has 162 valence electrons. The summed E-state index contributed by atoms with van der Waals surface area (Å²) in [5.74, 6) is 0. The molecule has 0 atom stereocenters. The van der Waals surface area contributed by atoms with Crippen molar-refractivity contribution in [3.63, 3.8) is 0 Å². The fourth-order valence-corrected chi connectivity index (χ4v) is 3.00. The summed E-state index contributed by atoms with van der Waals surface area (Å²) in [6.07, 6.45) is 0.0531. The van der Waals surface area contributed by atoms with Gasteiger partial charge in [0.05, 0.1) is 22.6 Å². The standard InChI is InChI=1S/C18H18N2OS.CHF3O3S/c1-12(2)21-18(22)19-17-13-8-4-6-10-15(13)20(3)16-11-7-5-9-14(16)17;2-1(3,4)8(5,6)7/h4-12H,1-3H3;(H,5,6,7). The molecule has 1 aromatic heterocycles. The van der Waals surface area contributed by atoms with E-state index in [0.29, 0.717) is 5.17 Å². The van der Waals surface area contributed by atoms with Crippen LogP contribution in [0.25, 0.3) is 21.8 Å².